The minimum Gasteiger partial charge on any atom is -0.376 e. The van der Waals surface area contributed by atoms with Crippen molar-refractivity contribution in [2.24, 2.45) is 0 Å². The van der Waals surface area contributed by atoms with E-state index < -0.39 is 5.60 Å². The van der Waals surface area contributed by atoms with E-state index in [1.807, 2.05) is 6.26 Å². The summed E-state index contributed by atoms with van der Waals surface area (Å²) in [4.78, 5) is 0. The molecule has 0 aromatic heterocycles. The summed E-state index contributed by atoms with van der Waals surface area (Å²) in [7, 11) is 0. The highest BCUT2D eigenvalue weighted by atomic mass is 32.2. The summed E-state index contributed by atoms with van der Waals surface area (Å²) in [5.74, 6) is 2.43. The van der Waals surface area contributed by atoms with E-state index in [2.05, 4.69) is 5.92 Å². The zero-order chi connectivity index (χ0) is 7.83. The fourth-order valence-electron chi connectivity index (χ4n) is 1.13. The van der Waals surface area contributed by atoms with Crippen LogP contribution >= 0.6 is 11.8 Å². The zero-order valence-corrected chi connectivity index (χ0v) is 7.16. The van der Waals surface area contributed by atoms with Crippen molar-refractivity contribution in [1.29, 1.82) is 0 Å². The van der Waals surface area contributed by atoms with Crippen LogP contribution in [-0.4, -0.2) is 21.7 Å². The highest BCUT2D eigenvalue weighted by Gasteiger charge is 2.55. The maximum absolute atomic E-state index is 9.66. The summed E-state index contributed by atoms with van der Waals surface area (Å²) in [5, 5.41) is 9.66. The van der Waals surface area contributed by atoms with E-state index in [1.54, 1.807) is 18.7 Å². The molecule has 1 rings (SSSR count). The van der Waals surface area contributed by atoms with Crippen molar-refractivity contribution in [3.63, 3.8) is 0 Å². The van der Waals surface area contributed by atoms with Crippen LogP contribution in [0.3, 0.4) is 0 Å². The van der Waals surface area contributed by atoms with Gasteiger partial charge in [-0.3, -0.25) is 0 Å². The van der Waals surface area contributed by atoms with Gasteiger partial charge in [0.25, 0.3) is 0 Å². The fourth-order valence-corrected chi connectivity index (χ4v) is 2.10. The summed E-state index contributed by atoms with van der Waals surface area (Å²) in [6, 6.07) is 0. The van der Waals surface area contributed by atoms with Crippen molar-refractivity contribution in [3.05, 3.63) is 0 Å². The highest BCUT2D eigenvalue weighted by molar-refractivity contribution is 8.00. The molecule has 0 spiro atoms. The van der Waals surface area contributed by atoms with Crippen LogP contribution in [0.2, 0.25) is 0 Å². The summed E-state index contributed by atoms with van der Waals surface area (Å²) >= 11 is 1.68. The lowest BCUT2D eigenvalue weighted by Crippen LogP contribution is -2.37. The van der Waals surface area contributed by atoms with E-state index in [1.165, 1.54) is 0 Å². The lowest BCUT2D eigenvalue weighted by atomic mass is 10.0. The average Bonchev–Trinajstić information content (AvgIpc) is 2.67. The van der Waals surface area contributed by atoms with Gasteiger partial charge in [0.15, 0.2) is 0 Å². The normalized spacial score (nSPS) is 26.6. The minimum atomic E-state index is -0.910. The molecule has 1 N–H and O–H groups in total. The lowest BCUT2D eigenvalue weighted by molar-refractivity contribution is 0.112. The van der Waals surface area contributed by atoms with Crippen LogP contribution in [0.25, 0.3) is 0 Å². The van der Waals surface area contributed by atoms with Gasteiger partial charge in [-0.25, -0.2) is 0 Å². The van der Waals surface area contributed by atoms with E-state index in [4.69, 9.17) is 6.42 Å². The van der Waals surface area contributed by atoms with Gasteiger partial charge >= 0.3 is 0 Å². The largest absolute Gasteiger partial charge is 0.376 e. The quantitative estimate of drug-likeness (QED) is 0.607. The third-order valence-electron chi connectivity index (χ3n) is 2.26. The van der Waals surface area contributed by atoms with E-state index in [0.717, 1.165) is 12.8 Å². The minimum absolute atomic E-state index is 0.0260. The van der Waals surface area contributed by atoms with Crippen LogP contribution in [0.5, 0.6) is 0 Å². The Morgan fingerprint density at radius 3 is 2.30 bits per heavy atom. The molecule has 1 aliphatic carbocycles. The molecule has 10 heavy (non-hydrogen) atoms. The second-order valence-corrected chi connectivity index (χ2v) is 4.10. The number of hydrogen-bond acceptors (Lipinski definition) is 2. The van der Waals surface area contributed by atoms with Gasteiger partial charge < -0.3 is 5.11 Å². The van der Waals surface area contributed by atoms with Gasteiger partial charge in [-0.05, 0) is 26.0 Å². The average molecular weight is 156 g/mol. The van der Waals surface area contributed by atoms with Gasteiger partial charge in [0.1, 0.15) is 5.60 Å². The van der Waals surface area contributed by atoms with Gasteiger partial charge in [0, 0.05) is 0 Å². The van der Waals surface area contributed by atoms with E-state index in [0.29, 0.717) is 0 Å². The van der Waals surface area contributed by atoms with Gasteiger partial charge in [-0.1, -0.05) is 5.92 Å². The first kappa shape index (κ1) is 7.97. The predicted molar refractivity (Wildman–Crippen MR) is 44.9 cm³/mol. The monoisotopic (exact) mass is 156 g/mol. The molecular weight excluding hydrogens is 144 g/mol. The smallest absolute Gasteiger partial charge is 0.136 e. The number of hydrogen-bond donors (Lipinski definition) is 1. The van der Waals surface area contributed by atoms with Crippen molar-refractivity contribution < 1.29 is 5.11 Å². The molecule has 1 unspecified atom stereocenters. The van der Waals surface area contributed by atoms with Gasteiger partial charge in [0.2, 0.25) is 0 Å². The molecule has 0 radical (unpaired) electrons. The molecule has 0 aromatic rings. The van der Waals surface area contributed by atoms with Gasteiger partial charge in [0.05, 0.1) is 4.75 Å². The molecule has 1 fully saturated rings. The molecule has 0 aliphatic heterocycles. The Hall–Kier alpha value is -0.130. The highest BCUT2D eigenvalue weighted by Crippen LogP contribution is 2.54. The molecular formula is C8H12OS. The predicted octanol–water partition coefficient (Wildman–Crippen LogP) is 1.27. The Labute approximate surface area is 66.2 Å². The summed E-state index contributed by atoms with van der Waals surface area (Å²) in [5.41, 5.74) is -0.910. The number of rotatable bonds is 2. The first-order valence-corrected chi connectivity index (χ1v) is 4.56. The molecule has 0 aromatic carbocycles. The Kier molecular flexibility index (Phi) is 1.74. The SMILES string of the molecule is C#CC(C)(O)C1(SC)CC1. The summed E-state index contributed by atoms with van der Waals surface area (Å²) in [6.45, 7) is 1.72. The van der Waals surface area contributed by atoms with Crippen molar-refractivity contribution >= 4 is 11.8 Å². The van der Waals surface area contributed by atoms with Crippen LogP contribution in [0.15, 0.2) is 0 Å². The Bertz CT molecular complexity index is 174. The molecule has 0 bridgehead atoms. The van der Waals surface area contributed by atoms with Crippen molar-refractivity contribution in [1.82, 2.24) is 0 Å². The maximum Gasteiger partial charge on any atom is 0.136 e. The number of thioether (sulfide) groups is 1. The van der Waals surface area contributed by atoms with Gasteiger partial charge in [-0.2, -0.15) is 11.8 Å². The van der Waals surface area contributed by atoms with Crippen LogP contribution in [0.4, 0.5) is 0 Å². The standard InChI is InChI=1S/C8H12OS/c1-4-7(2,9)8(10-3)5-6-8/h1,9H,5-6H2,2-3H3. The number of terminal acetylenes is 1. The second-order valence-electron chi connectivity index (χ2n) is 2.91. The van der Waals surface area contributed by atoms with Gasteiger partial charge in [-0.15, -0.1) is 6.42 Å². The Balaban J connectivity index is 2.74. The molecule has 0 amide bonds. The third-order valence-corrected chi connectivity index (χ3v) is 3.85. The summed E-state index contributed by atoms with van der Waals surface area (Å²) in [6.07, 6.45) is 9.29. The van der Waals surface area contributed by atoms with Crippen LogP contribution < -0.4 is 0 Å². The van der Waals surface area contributed by atoms with Crippen LogP contribution in [-0.2, 0) is 0 Å². The van der Waals surface area contributed by atoms with E-state index in [9.17, 15) is 5.11 Å². The van der Waals surface area contributed by atoms with E-state index in [-0.39, 0.29) is 4.75 Å². The maximum atomic E-state index is 9.66. The molecule has 1 aliphatic rings. The molecule has 1 nitrogen and oxygen atoms in total. The number of aliphatic hydroxyl groups is 1. The summed E-state index contributed by atoms with van der Waals surface area (Å²) < 4.78 is -0.0260. The lowest BCUT2D eigenvalue weighted by Gasteiger charge is -2.25. The van der Waals surface area contributed by atoms with Crippen LogP contribution in [0, 0.1) is 12.3 Å². The van der Waals surface area contributed by atoms with Crippen molar-refractivity contribution in [3.8, 4) is 12.3 Å². The van der Waals surface area contributed by atoms with E-state index >= 15 is 0 Å². The van der Waals surface area contributed by atoms with Crippen LogP contribution in [0.1, 0.15) is 19.8 Å². The Morgan fingerprint density at radius 2 is 2.20 bits per heavy atom. The first-order valence-electron chi connectivity index (χ1n) is 3.33. The fraction of sp³-hybridized carbons (Fsp3) is 0.750. The topological polar surface area (TPSA) is 20.2 Å². The van der Waals surface area contributed by atoms with Crippen molar-refractivity contribution in [2.45, 2.75) is 30.1 Å². The second kappa shape index (κ2) is 2.18. The molecule has 1 atom stereocenters. The first-order chi connectivity index (χ1) is 4.58. The molecule has 0 saturated heterocycles. The molecule has 2 heteroatoms. The Morgan fingerprint density at radius 1 is 1.70 bits per heavy atom. The third kappa shape index (κ3) is 0.941. The van der Waals surface area contributed by atoms with Crippen molar-refractivity contribution in [2.75, 3.05) is 6.26 Å². The zero-order valence-electron chi connectivity index (χ0n) is 6.35. The molecule has 0 heterocycles. The molecule has 1 saturated carbocycles. The molecule has 56 valence electrons.